The molecule has 0 saturated carbocycles. The maximum absolute atomic E-state index is 13.7. The van der Waals surface area contributed by atoms with Gasteiger partial charge in [0.2, 0.25) is 0 Å². The summed E-state index contributed by atoms with van der Waals surface area (Å²) in [5, 5.41) is 10.6. The molecule has 1 aromatic carbocycles. The molecule has 3 atom stereocenters. The van der Waals surface area contributed by atoms with Gasteiger partial charge in [0.05, 0.1) is 18.2 Å². The van der Waals surface area contributed by atoms with Crippen molar-refractivity contribution in [1.82, 2.24) is 4.98 Å². The number of fused-ring (bicyclic) bond motifs is 3. The van der Waals surface area contributed by atoms with Gasteiger partial charge in [-0.1, -0.05) is 44.2 Å². The molecular formula is C24H28F3NO2. The van der Waals surface area contributed by atoms with Crippen LogP contribution in [0.4, 0.5) is 13.2 Å². The van der Waals surface area contributed by atoms with E-state index in [1.54, 1.807) is 12.2 Å². The molecule has 0 bridgehead atoms. The Morgan fingerprint density at radius 3 is 2.63 bits per heavy atom. The van der Waals surface area contributed by atoms with E-state index in [-0.39, 0.29) is 6.61 Å². The molecule has 4 rings (SSSR count). The molecule has 162 valence electrons. The second-order valence-electron chi connectivity index (χ2n) is 8.22. The summed E-state index contributed by atoms with van der Waals surface area (Å²) in [6.07, 6.45) is 4.42. The van der Waals surface area contributed by atoms with Crippen LogP contribution in [0.5, 0.6) is 0 Å². The van der Waals surface area contributed by atoms with E-state index in [2.05, 4.69) is 4.98 Å². The summed E-state index contributed by atoms with van der Waals surface area (Å²) in [6.45, 7) is 4.61. The van der Waals surface area contributed by atoms with E-state index >= 15 is 0 Å². The Bertz CT molecular complexity index is 988. The number of ether oxygens (including phenoxy) is 1. The third-order valence-electron chi connectivity index (χ3n) is 6.67. The van der Waals surface area contributed by atoms with Gasteiger partial charge in [-0.3, -0.25) is 0 Å². The fraction of sp³-hybridized carbons (Fsp3) is 0.500. The highest BCUT2D eigenvalue weighted by Gasteiger charge is 2.44. The van der Waals surface area contributed by atoms with Crippen LogP contribution in [0, 0.1) is 5.92 Å². The standard InChI is InChI=1S/C24H28F3NO2/c1-3-15-13-16(17-7-5-6-8-20(17)24(25,26)27)14-19-18-9-12-30-23(4-2,10-11-29)22(18)28-21(15)19/h5-8,13-14,17,20,28-29H,3-4,9-12H2,1-2H3. The van der Waals surface area contributed by atoms with Crippen molar-refractivity contribution in [3.05, 3.63) is 58.8 Å². The Balaban J connectivity index is 1.90. The van der Waals surface area contributed by atoms with E-state index in [4.69, 9.17) is 4.74 Å². The molecule has 3 unspecified atom stereocenters. The SMILES string of the molecule is CCc1cc(C2C=CC=CC2C(F)(F)F)cc2c3c([nH]c12)C(CC)(CCO)OCC3. The first kappa shape index (κ1) is 21.2. The fourth-order valence-corrected chi connectivity index (χ4v) is 5.06. The number of hydrogen-bond acceptors (Lipinski definition) is 2. The average Bonchev–Trinajstić information content (AvgIpc) is 3.12. The highest BCUT2D eigenvalue weighted by molar-refractivity contribution is 5.89. The minimum absolute atomic E-state index is 0.0149. The van der Waals surface area contributed by atoms with Gasteiger partial charge in [0.15, 0.2) is 0 Å². The van der Waals surface area contributed by atoms with Crippen LogP contribution in [0.2, 0.25) is 0 Å². The zero-order valence-corrected chi connectivity index (χ0v) is 17.4. The zero-order chi connectivity index (χ0) is 21.5. The largest absolute Gasteiger partial charge is 0.396 e. The van der Waals surface area contributed by atoms with Crippen molar-refractivity contribution in [3.63, 3.8) is 0 Å². The van der Waals surface area contributed by atoms with Crippen LogP contribution in [0.25, 0.3) is 10.9 Å². The van der Waals surface area contributed by atoms with Gasteiger partial charge in [-0.05, 0) is 42.0 Å². The molecule has 1 aliphatic heterocycles. The molecule has 6 heteroatoms. The van der Waals surface area contributed by atoms with Gasteiger partial charge in [-0.2, -0.15) is 13.2 Å². The number of alkyl halides is 3. The van der Waals surface area contributed by atoms with E-state index in [0.717, 1.165) is 27.7 Å². The highest BCUT2D eigenvalue weighted by atomic mass is 19.4. The van der Waals surface area contributed by atoms with Gasteiger partial charge in [-0.25, -0.2) is 0 Å². The van der Waals surface area contributed by atoms with E-state index in [0.29, 0.717) is 37.9 Å². The lowest BCUT2D eigenvalue weighted by molar-refractivity contribution is -0.164. The summed E-state index contributed by atoms with van der Waals surface area (Å²) in [7, 11) is 0. The second kappa shape index (κ2) is 7.89. The number of aliphatic hydroxyl groups excluding tert-OH is 1. The lowest BCUT2D eigenvalue weighted by Crippen LogP contribution is -2.36. The summed E-state index contributed by atoms with van der Waals surface area (Å²) in [4.78, 5) is 3.54. The smallest absolute Gasteiger partial charge is 0.396 e. The predicted octanol–water partition coefficient (Wildman–Crippen LogP) is 5.68. The van der Waals surface area contributed by atoms with Gasteiger partial charge in [0.25, 0.3) is 0 Å². The zero-order valence-electron chi connectivity index (χ0n) is 17.4. The molecule has 0 fully saturated rings. The summed E-state index contributed by atoms with van der Waals surface area (Å²) < 4.78 is 47.2. The normalized spacial score (nSPS) is 26.3. The van der Waals surface area contributed by atoms with Crippen LogP contribution >= 0.6 is 0 Å². The second-order valence-corrected chi connectivity index (χ2v) is 8.22. The summed E-state index contributed by atoms with van der Waals surface area (Å²) >= 11 is 0. The first-order valence-electron chi connectivity index (χ1n) is 10.7. The number of aryl methyl sites for hydroxylation is 1. The van der Waals surface area contributed by atoms with Gasteiger partial charge < -0.3 is 14.8 Å². The fourth-order valence-electron chi connectivity index (χ4n) is 5.06. The Hall–Kier alpha value is -2.05. The Morgan fingerprint density at radius 2 is 1.97 bits per heavy atom. The van der Waals surface area contributed by atoms with Crippen molar-refractivity contribution in [1.29, 1.82) is 0 Å². The van der Waals surface area contributed by atoms with Crippen LogP contribution in [0.15, 0.2) is 36.4 Å². The minimum Gasteiger partial charge on any atom is -0.396 e. The van der Waals surface area contributed by atoms with Crippen LogP contribution in [-0.4, -0.2) is 29.5 Å². The van der Waals surface area contributed by atoms with Crippen LogP contribution in [0.1, 0.15) is 55.0 Å². The molecule has 1 aromatic heterocycles. The van der Waals surface area contributed by atoms with Crippen molar-refractivity contribution in [2.24, 2.45) is 5.92 Å². The molecule has 3 nitrogen and oxygen atoms in total. The Morgan fingerprint density at radius 1 is 1.20 bits per heavy atom. The summed E-state index contributed by atoms with van der Waals surface area (Å²) in [6, 6.07) is 3.85. The van der Waals surface area contributed by atoms with E-state index in [1.807, 2.05) is 26.0 Å². The van der Waals surface area contributed by atoms with Crippen molar-refractivity contribution in [3.8, 4) is 0 Å². The molecule has 1 aliphatic carbocycles. The topological polar surface area (TPSA) is 45.2 Å². The molecule has 0 radical (unpaired) electrons. The van der Waals surface area contributed by atoms with Gasteiger partial charge in [0, 0.05) is 29.8 Å². The molecule has 0 spiro atoms. The molecule has 2 aliphatic rings. The lowest BCUT2D eigenvalue weighted by atomic mass is 9.80. The van der Waals surface area contributed by atoms with Crippen LogP contribution in [0.3, 0.4) is 0 Å². The van der Waals surface area contributed by atoms with E-state index in [9.17, 15) is 18.3 Å². The molecule has 2 aromatic rings. The molecule has 0 saturated heterocycles. The minimum atomic E-state index is -4.29. The quantitative estimate of drug-likeness (QED) is 0.655. The summed E-state index contributed by atoms with van der Waals surface area (Å²) in [5.74, 6) is -2.25. The van der Waals surface area contributed by atoms with Crippen molar-refractivity contribution in [2.75, 3.05) is 13.2 Å². The van der Waals surface area contributed by atoms with Crippen LogP contribution in [-0.2, 0) is 23.2 Å². The van der Waals surface area contributed by atoms with Gasteiger partial charge in [0.1, 0.15) is 5.60 Å². The number of rotatable bonds is 5. The predicted molar refractivity (Wildman–Crippen MR) is 112 cm³/mol. The van der Waals surface area contributed by atoms with Crippen LogP contribution < -0.4 is 0 Å². The van der Waals surface area contributed by atoms with Crippen molar-refractivity contribution in [2.45, 2.75) is 57.2 Å². The number of hydrogen-bond donors (Lipinski definition) is 2. The number of nitrogens with one attached hydrogen (secondary N) is 1. The number of aliphatic hydroxyl groups is 1. The first-order chi connectivity index (χ1) is 14.3. The molecule has 0 amide bonds. The number of benzene rings is 1. The Kier molecular flexibility index (Phi) is 5.58. The van der Waals surface area contributed by atoms with Crippen molar-refractivity contribution >= 4 is 10.9 Å². The number of H-pyrrole nitrogens is 1. The number of aromatic amines is 1. The molecular weight excluding hydrogens is 391 g/mol. The lowest BCUT2D eigenvalue weighted by Gasteiger charge is -2.36. The number of allylic oxidation sites excluding steroid dienone is 4. The molecule has 30 heavy (non-hydrogen) atoms. The van der Waals surface area contributed by atoms with Crippen molar-refractivity contribution < 1.29 is 23.0 Å². The summed E-state index contributed by atoms with van der Waals surface area (Å²) in [5.41, 5.74) is 4.19. The Labute approximate surface area is 174 Å². The average molecular weight is 419 g/mol. The first-order valence-corrected chi connectivity index (χ1v) is 10.7. The van der Waals surface area contributed by atoms with Gasteiger partial charge >= 0.3 is 6.18 Å². The van der Waals surface area contributed by atoms with E-state index in [1.165, 1.54) is 12.2 Å². The number of aromatic nitrogens is 1. The third kappa shape index (κ3) is 3.40. The molecule has 2 N–H and O–H groups in total. The maximum Gasteiger partial charge on any atom is 0.396 e. The van der Waals surface area contributed by atoms with E-state index < -0.39 is 23.6 Å². The monoisotopic (exact) mass is 419 g/mol. The highest BCUT2D eigenvalue weighted by Crippen LogP contribution is 2.45. The third-order valence-corrected chi connectivity index (χ3v) is 6.67. The molecule has 2 heterocycles. The maximum atomic E-state index is 13.7. The number of halogens is 3. The van der Waals surface area contributed by atoms with Gasteiger partial charge in [-0.15, -0.1) is 0 Å².